The lowest BCUT2D eigenvalue weighted by molar-refractivity contribution is -0.194. The second-order valence-electron chi connectivity index (χ2n) is 7.29. The van der Waals surface area contributed by atoms with Crippen molar-refractivity contribution in [2.45, 2.75) is 18.0 Å². The number of ether oxygens (including phenoxy) is 3. The van der Waals surface area contributed by atoms with E-state index in [1.54, 1.807) is 6.92 Å². The van der Waals surface area contributed by atoms with Crippen molar-refractivity contribution in [1.82, 2.24) is 4.72 Å². The maximum atomic E-state index is 14.2. The van der Waals surface area contributed by atoms with E-state index in [4.69, 9.17) is 4.74 Å². The first-order valence-electron chi connectivity index (χ1n) is 10.0. The van der Waals surface area contributed by atoms with E-state index in [9.17, 15) is 31.2 Å². The molecule has 0 aliphatic rings. The summed E-state index contributed by atoms with van der Waals surface area (Å²) in [6.07, 6.45) is -4.74. The van der Waals surface area contributed by atoms with Crippen LogP contribution in [0.15, 0.2) is 59.5 Å². The van der Waals surface area contributed by atoms with Crippen LogP contribution in [-0.2, 0) is 29.1 Å². The highest BCUT2D eigenvalue weighted by Crippen LogP contribution is 2.38. The van der Waals surface area contributed by atoms with Crippen LogP contribution in [0.4, 0.5) is 13.2 Å². The number of aryl methyl sites for hydroxylation is 1. The van der Waals surface area contributed by atoms with Gasteiger partial charge in [0.2, 0.25) is 0 Å². The van der Waals surface area contributed by atoms with Gasteiger partial charge in [-0.05, 0) is 37.3 Å². The molecule has 0 radical (unpaired) electrons. The summed E-state index contributed by atoms with van der Waals surface area (Å²) in [4.78, 5) is 24.1. The van der Waals surface area contributed by atoms with E-state index in [1.165, 1.54) is 55.6 Å². The molecule has 0 saturated heterocycles. The van der Waals surface area contributed by atoms with E-state index in [0.717, 1.165) is 19.8 Å². The molecule has 0 saturated carbocycles. The van der Waals surface area contributed by atoms with Crippen molar-refractivity contribution in [1.29, 1.82) is 0 Å². The minimum atomic E-state index is -5.17. The van der Waals surface area contributed by atoms with E-state index >= 15 is 0 Å². The number of sulfonamides is 1. The Bertz CT molecular complexity index is 1180. The van der Waals surface area contributed by atoms with Gasteiger partial charge in [-0.15, -0.1) is 0 Å². The summed E-state index contributed by atoms with van der Waals surface area (Å²) in [6.45, 7) is 1.73. The molecule has 0 heterocycles. The first-order valence-corrected chi connectivity index (χ1v) is 11.5. The number of methoxy groups -OCH3 is 3. The summed E-state index contributed by atoms with van der Waals surface area (Å²) >= 11 is 0. The monoisotopic (exact) mass is 515 g/mol. The van der Waals surface area contributed by atoms with Crippen molar-refractivity contribution in [2.75, 3.05) is 21.3 Å². The smallest absolute Gasteiger partial charge is 0.396 e. The number of hydrogen-bond donors (Lipinski definition) is 1. The van der Waals surface area contributed by atoms with Crippen LogP contribution in [-0.4, -0.2) is 47.9 Å². The van der Waals surface area contributed by atoms with Crippen LogP contribution in [0.5, 0.6) is 5.75 Å². The zero-order valence-electron chi connectivity index (χ0n) is 19.3. The molecule has 0 unspecified atom stereocenters. The third kappa shape index (κ3) is 6.75. The highest BCUT2D eigenvalue weighted by molar-refractivity contribution is 7.89. The Kier molecular flexibility index (Phi) is 8.91. The molecule has 35 heavy (non-hydrogen) atoms. The van der Waals surface area contributed by atoms with Crippen LogP contribution in [0.2, 0.25) is 0 Å². The number of rotatable bonds is 9. The van der Waals surface area contributed by atoms with Gasteiger partial charge >= 0.3 is 18.1 Å². The molecule has 190 valence electrons. The number of hydrogen-bond acceptors (Lipinski definition) is 7. The minimum Gasteiger partial charge on any atom is -0.496 e. The molecule has 0 aliphatic heterocycles. The maximum Gasteiger partial charge on any atom is 0.396 e. The van der Waals surface area contributed by atoms with Gasteiger partial charge < -0.3 is 14.2 Å². The van der Waals surface area contributed by atoms with Crippen LogP contribution in [0.1, 0.15) is 11.1 Å². The van der Waals surface area contributed by atoms with Crippen molar-refractivity contribution < 1.29 is 45.4 Å². The Morgan fingerprint density at radius 1 is 0.943 bits per heavy atom. The van der Waals surface area contributed by atoms with Gasteiger partial charge in [-0.2, -0.15) is 13.2 Å². The third-order valence-corrected chi connectivity index (χ3v) is 6.35. The molecule has 0 fully saturated rings. The fourth-order valence-electron chi connectivity index (χ4n) is 3.17. The molecule has 0 aromatic heterocycles. The average Bonchev–Trinajstić information content (AvgIpc) is 2.82. The Hall–Kier alpha value is -3.54. The van der Waals surface area contributed by atoms with Gasteiger partial charge in [-0.1, -0.05) is 29.8 Å². The van der Waals surface area contributed by atoms with Gasteiger partial charge in [0, 0.05) is 5.56 Å². The average molecular weight is 516 g/mol. The van der Waals surface area contributed by atoms with Gasteiger partial charge in [0.25, 0.3) is 10.0 Å². The van der Waals surface area contributed by atoms with Gasteiger partial charge in [0.05, 0.1) is 37.8 Å². The SMILES string of the molecule is COC(=O)C(C(=O)OC)[C@H](/C=C(/NS(=O)(=O)c1ccc(C)cc1)c1ccccc1OC)C(F)(F)F. The van der Waals surface area contributed by atoms with Gasteiger partial charge in [-0.3, -0.25) is 14.3 Å². The molecule has 0 amide bonds. The van der Waals surface area contributed by atoms with Crippen LogP contribution in [0, 0.1) is 18.8 Å². The van der Waals surface area contributed by atoms with Gasteiger partial charge in [0.1, 0.15) is 5.75 Å². The molecule has 1 N–H and O–H groups in total. The Labute approximate surface area is 200 Å². The summed E-state index contributed by atoms with van der Waals surface area (Å²) in [5, 5.41) is 0. The summed E-state index contributed by atoms with van der Waals surface area (Å²) in [7, 11) is -1.51. The lowest BCUT2D eigenvalue weighted by Gasteiger charge is -2.25. The molecule has 2 aromatic rings. The predicted octanol–water partition coefficient (Wildman–Crippen LogP) is 3.46. The standard InChI is InChI=1S/C23H24F3NO7S/c1-14-9-11-15(12-10-14)35(30,31)27-18(16-7-5-6-8-19(16)32-2)13-17(23(24,25)26)20(21(28)33-3)22(29)34-4/h5-13,17,20,27H,1-4H3/b18-13+/t17-/m0/s1. The van der Waals surface area contributed by atoms with E-state index < -0.39 is 45.7 Å². The number of esters is 2. The predicted molar refractivity (Wildman–Crippen MR) is 120 cm³/mol. The number of nitrogens with one attached hydrogen (secondary N) is 1. The molecular weight excluding hydrogens is 491 g/mol. The molecular formula is C23H24F3NO7S. The van der Waals surface area contributed by atoms with E-state index in [-0.39, 0.29) is 16.2 Å². The van der Waals surface area contributed by atoms with E-state index in [2.05, 4.69) is 14.2 Å². The van der Waals surface area contributed by atoms with Crippen molar-refractivity contribution in [2.24, 2.45) is 11.8 Å². The zero-order chi connectivity index (χ0) is 26.4. The zero-order valence-corrected chi connectivity index (χ0v) is 20.1. The number of benzene rings is 2. The van der Waals surface area contributed by atoms with Crippen LogP contribution in [0.25, 0.3) is 5.70 Å². The lowest BCUT2D eigenvalue weighted by Crippen LogP contribution is -2.40. The van der Waals surface area contributed by atoms with Crippen LogP contribution < -0.4 is 9.46 Å². The molecule has 0 bridgehead atoms. The van der Waals surface area contributed by atoms with Crippen LogP contribution >= 0.6 is 0 Å². The molecule has 0 spiro atoms. The molecule has 1 atom stereocenters. The van der Waals surface area contributed by atoms with Crippen molar-refractivity contribution >= 4 is 27.7 Å². The van der Waals surface area contributed by atoms with Crippen molar-refractivity contribution in [3.05, 3.63) is 65.7 Å². The van der Waals surface area contributed by atoms with Gasteiger partial charge in [-0.25, -0.2) is 8.42 Å². The highest BCUT2D eigenvalue weighted by atomic mass is 32.2. The second-order valence-corrected chi connectivity index (χ2v) is 8.97. The number of allylic oxidation sites excluding steroid dienone is 1. The molecule has 8 nitrogen and oxygen atoms in total. The Morgan fingerprint density at radius 3 is 1.97 bits per heavy atom. The summed E-state index contributed by atoms with van der Waals surface area (Å²) in [5.41, 5.74) is 0.136. The quantitative estimate of drug-likeness (QED) is 0.403. The van der Waals surface area contributed by atoms with Crippen molar-refractivity contribution in [3.8, 4) is 5.75 Å². The Balaban J connectivity index is 2.77. The van der Waals surface area contributed by atoms with Crippen LogP contribution in [0.3, 0.4) is 0 Å². The number of para-hydroxylation sites is 1. The minimum absolute atomic E-state index is 0.0407. The van der Waals surface area contributed by atoms with E-state index in [0.29, 0.717) is 6.08 Å². The Morgan fingerprint density at radius 2 is 1.49 bits per heavy atom. The summed E-state index contributed by atoms with van der Waals surface area (Å²) in [6, 6.07) is 11.3. The topological polar surface area (TPSA) is 108 Å². The number of carbonyl (C=O) groups is 2. The van der Waals surface area contributed by atoms with Gasteiger partial charge in [0.15, 0.2) is 5.92 Å². The summed E-state index contributed by atoms with van der Waals surface area (Å²) < 4.78 is 84.7. The molecule has 0 aliphatic carbocycles. The third-order valence-electron chi connectivity index (χ3n) is 4.97. The van der Waals surface area contributed by atoms with Crippen molar-refractivity contribution in [3.63, 3.8) is 0 Å². The van der Waals surface area contributed by atoms with E-state index in [1.807, 2.05) is 0 Å². The lowest BCUT2D eigenvalue weighted by atomic mass is 9.89. The first kappa shape index (κ1) is 27.7. The normalized spacial score (nSPS) is 13.2. The number of alkyl halides is 3. The number of halogens is 3. The maximum absolute atomic E-state index is 14.2. The second kappa shape index (κ2) is 11.3. The molecule has 2 aromatic carbocycles. The highest BCUT2D eigenvalue weighted by Gasteiger charge is 2.51. The molecule has 12 heteroatoms. The fourth-order valence-corrected chi connectivity index (χ4v) is 4.25. The molecule has 2 rings (SSSR count). The fraction of sp³-hybridized carbons (Fsp3) is 0.304. The summed E-state index contributed by atoms with van der Waals surface area (Å²) in [5.74, 6) is -8.21. The largest absolute Gasteiger partial charge is 0.496 e. The first-order chi connectivity index (χ1) is 16.3. The number of carbonyl (C=O) groups excluding carboxylic acids is 2.